The summed E-state index contributed by atoms with van der Waals surface area (Å²) in [5.41, 5.74) is 6.96. The number of furan rings is 1. The predicted octanol–water partition coefficient (Wildman–Crippen LogP) is 3.13. The zero-order valence-corrected chi connectivity index (χ0v) is 14.9. The van der Waals surface area contributed by atoms with Crippen molar-refractivity contribution in [2.45, 2.75) is 32.7 Å². The molecule has 0 fully saturated rings. The molecular formula is C14H21Cl2N3O2S. The molecule has 0 saturated heterocycles. The van der Waals surface area contributed by atoms with Crippen LogP contribution >= 0.6 is 36.2 Å². The first-order valence-electron chi connectivity index (χ1n) is 6.60. The van der Waals surface area contributed by atoms with Gasteiger partial charge >= 0.3 is 0 Å². The minimum atomic E-state index is -0.146. The second-order valence-electron chi connectivity index (χ2n) is 4.84. The van der Waals surface area contributed by atoms with Crippen LogP contribution in [0.2, 0.25) is 0 Å². The van der Waals surface area contributed by atoms with Gasteiger partial charge in [0.2, 0.25) is 0 Å². The Morgan fingerprint density at radius 1 is 1.45 bits per heavy atom. The van der Waals surface area contributed by atoms with Gasteiger partial charge in [-0.3, -0.25) is 4.79 Å². The zero-order chi connectivity index (χ0) is 14.5. The van der Waals surface area contributed by atoms with E-state index < -0.39 is 0 Å². The Kier molecular flexibility index (Phi) is 9.36. The molecule has 124 valence electrons. The minimum Gasteiger partial charge on any atom is -0.467 e. The van der Waals surface area contributed by atoms with Crippen LogP contribution in [0.4, 0.5) is 0 Å². The lowest BCUT2D eigenvalue weighted by Crippen LogP contribution is -2.25. The highest BCUT2D eigenvalue weighted by molar-refractivity contribution is 7.09. The number of hydrogen-bond acceptors (Lipinski definition) is 5. The van der Waals surface area contributed by atoms with Crippen LogP contribution < -0.4 is 11.1 Å². The molecule has 0 aromatic carbocycles. The van der Waals surface area contributed by atoms with E-state index in [1.54, 1.807) is 17.4 Å². The van der Waals surface area contributed by atoms with Crippen molar-refractivity contribution < 1.29 is 9.21 Å². The summed E-state index contributed by atoms with van der Waals surface area (Å²) in [5, 5.41) is 6.03. The number of aromatic nitrogens is 1. The molecule has 0 unspecified atom stereocenters. The third-order valence-corrected chi connectivity index (χ3v) is 4.04. The standard InChI is InChI=1S/C14H19N3O2S.2ClH/c1-9(2)14-17-11(8-20-14)3-4-16-13(18)10-5-12(6-15)19-7-10;;/h5,7-9H,3-4,6,15H2,1-2H3,(H,16,18);2*1H. The molecule has 0 aliphatic carbocycles. The van der Waals surface area contributed by atoms with Gasteiger partial charge in [0.25, 0.3) is 5.91 Å². The van der Waals surface area contributed by atoms with Crippen LogP contribution in [0.15, 0.2) is 22.1 Å². The maximum atomic E-state index is 11.8. The predicted molar refractivity (Wildman–Crippen MR) is 93.3 cm³/mol. The van der Waals surface area contributed by atoms with Gasteiger partial charge in [-0.15, -0.1) is 36.2 Å². The molecule has 0 aliphatic rings. The van der Waals surface area contributed by atoms with Gasteiger partial charge in [0.15, 0.2) is 0 Å². The third kappa shape index (κ3) is 5.61. The fraction of sp³-hybridized carbons (Fsp3) is 0.429. The number of thiazole rings is 1. The summed E-state index contributed by atoms with van der Waals surface area (Å²) < 4.78 is 5.13. The monoisotopic (exact) mass is 365 g/mol. The van der Waals surface area contributed by atoms with Crippen LogP contribution in [0.25, 0.3) is 0 Å². The molecule has 2 aromatic heterocycles. The van der Waals surface area contributed by atoms with Gasteiger partial charge in [-0.1, -0.05) is 13.8 Å². The Morgan fingerprint density at radius 2 is 2.18 bits per heavy atom. The first-order valence-corrected chi connectivity index (χ1v) is 7.48. The number of carbonyl (C=O) groups is 1. The summed E-state index contributed by atoms with van der Waals surface area (Å²) in [6.45, 7) is 5.10. The lowest BCUT2D eigenvalue weighted by Gasteiger charge is -2.01. The highest BCUT2D eigenvalue weighted by Gasteiger charge is 2.10. The highest BCUT2D eigenvalue weighted by Crippen LogP contribution is 2.19. The Labute approximate surface area is 146 Å². The minimum absolute atomic E-state index is 0. The Balaban J connectivity index is 0.00000220. The number of nitrogens with two attached hydrogens (primary N) is 1. The molecule has 8 heteroatoms. The molecule has 0 aliphatic heterocycles. The molecule has 22 heavy (non-hydrogen) atoms. The zero-order valence-electron chi connectivity index (χ0n) is 12.5. The van der Waals surface area contributed by atoms with Crippen LogP contribution in [-0.2, 0) is 13.0 Å². The molecule has 5 nitrogen and oxygen atoms in total. The smallest absolute Gasteiger partial charge is 0.254 e. The molecule has 0 atom stereocenters. The summed E-state index contributed by atoms with van der Waals surface area (Å²) in [6.07, 6.45) is 2.16. The number of nitrogens with zero attached hydrogens (tertiary/aromatic N) is 1. The summed E-state index contributed by atoms with van der Waals surface area (Å²) in [4.78, 5) is 16.4. The first-order chi connectivity index (χ1) is 9.60. The van der Waals surface area contributed by atoms with Crippen LogP contribution in [0.1, 0.15) is 46.6 Å². The molecule has 2 heterocycles. The lowest BCUT2D eigenvalue weighted by atomic mass is 10.2. The van der Waals surface area contributed by atoms with Gasteiger partial charge in [0.05, 0.1) is 22.8 Å². The second kappa shape index (κ2) is 9.84. The van der Waals surface area contributed by atoms with Crippen molar-refractivity contribution in [3.63, 3.8) is 0 Å². The van der Waals surface area contributed by atoms with Gasteiger partial charge in [0.1, 0.15) is 12.0 Å². The van der Waals surface area contributed by atoms with Crippen molar-refractivity contribution in [1.29, 1.82) is 0 Å². The fourth-order valence-corrected chi connectivity index (χ4v) is 2.59. The van der Waals surface area contributed by atoms with Crippen molar-refractivity contribution in [2.24, 2.45) is 5.73 Å². The van der Waals surface area contributed by atoms with Crippen molar-refractivity contribution in [2.75, 3.05) is 6.54 Å². The average molecular weight is 366 g/mol. The van der Waals surface area contributed by atoms with Gasteiger partial charge < -0.3 is 15.5 Å². The first kappa shape index (κ1) is 20.9. The molecule has 0 radical (unpaired) electrons. The largest absolute Gasteiger partial charge is 0.467 e. The molecule has 1 amide bonds. The molecule has 0 bridgehead atoms. The molecule has 0 spiro atoms. The molecule has 2 rings (SSSR count). The van der Waals surface area contributed by atoms with Crippen molar-refractivity contribution in [3.8, 4) is 0 Å². The normalized spacial score (nSPS) is 10.0. The van der Waals surface area contributed by atoms with Crippen LogP contribution in [0.5, 0.6) is 0 Å². The van der Waals surface area contributed by atoms with E-state index in [1.807, 2.05) is 5.38 Å². The van der Waals surface area contributed by atoms with Crippen molar-refractivity contribution >= 4 is 42.1 Å². The van der Waals surface area contributed by atoms with E-state index >= 15 is 0 Å². The highest BCUT2D eigenvalue weighted by atomic mass is 35.5. The van der Waals surface area contributed by atoms with Crippen molar-refractivity contribution in [1.82, 2.24) is 10.3 Å². The van der Waals surface area contributed by atoms with Crippen LogP contribution in [0.3, 0.4) is 0 Å². The number of rotatable bonds is 6. The maximum absolute atomic E-state index is 11.8. The quantitative estimate of drug-likeness (QED) is 0.823. The van der Waals surface area contributed by atoms with E-state index in [0.717, 1.165) is 17.1 Å². The summed E-state index contributed by atoms with van der Waals surface area (Å²) in [6, 6.07) is 1.66. The second-order valence-corrected chi connectivity index (χ2v) is 5.73. The fourth-order valence-electron chi connectivity index (χ4n) is 1.72. The van der Waals surface area contributed by atoms with E-state index in [4.69, 9.17) is 10.2 Å². The van der Waals surface area contributed by atoms with E-state index in [-0.39, 0.29) is 30.7 Å². The maximum Gasteiger partial charge on any atom is 0.254 e. The average Bonchev–Trinajstić information content (AvgIpc) is 3.07. The third-order valence-electron chi connectivity index (χ3n) is 2.85. The Hall–Kier alpha value is -1.08. The summed E-state index contributed by atoms with van der Waals surface area (Å²) >= 11 is 1.67. The Bertz CT molecular complexity index is 584. The number of halogens is 2. The number of amides is 1. The summed E-state index contributed by atoms with van der Waals surface area (Å²) in [7, 11) is 0. The summed E-state index contributed by atoms with van der Waals surface area (Å²) in [5.74, 6) is 0.910. The van der Waals surface area contributed by atoms with E-state index in [2.05, 4.69) is 24.1 Å². The lowest BCUT2D eigenvalue weighted by molar-refractivity contribution is 0.0953. The molecular weight excluding hydrogens is 345 g/mol. The van der Waals surface area contributed by atoms with E-state index in [9.17, 15) is 4.79 Å². The van der Waals surface area contributed by atoms with E-state index in [1.165, 1.54) is 6.26 Å². The molecule has 3 N–H and O–H groups in total. The van der Waals surface area contributed by atoms with Gasteiger partial charge in [-0.25, -0.2) is 4.98 Å². The van der Waals surface area contributed by atoms with Gasteiger partial charge in [0, 0.05) is 24.3 Å². The topological polar surface area (TPSA) is 81.2 Å². The molecule has 2 aromatic rings. The van der Waals surface area contributed by atoms with Crippen LogP contribution in [-0.4, -0.2) is 17.4 Å². The molecule has 0 saturated carbocycles. The Morgan fingerprint density at radius 3 is 2.73 bits per heavy atom. The number of hydrogen-bond donors (Lipinski definition) is 2. The number of carbonyl (C=O) groups excluding carboxylic acids is 1. The van der Waals surface area contributed by atoms with E-state index in [0.29, 0.717) is 30.3 Å². The number of nitrogens with one attached hydrogen (secondary N) is 1. The van der Waals surface area contributed by atoms with Crippen LogP contribution in [0, 0.1) is 0 Å². The SMILES string of the molecule is CC(C)c1nc(CCNC(=O)c2coc(CN)c2)cs1.Cl.Cl. The van der Waals surface area contributed by atoms with Crippen molar-refractivity contribution in [3.05, 3.63) is 39.7 Å². The van der Waals surface area contributed by atoms with Gasteiger partial charge in [-0.05, 0) is 6.07 Å². The van der Waals surface area contributed by atoms with Gasteiger partial charge in [-0.2, -0.15) is 0 Å².